The van der Waals surface area contributed by atoms with Crippen molar-refractivity contribution >= 4 is 0 Å². The predicted molar refractivity (Wildman–Crippen MR) is 49.6 cm³/mol. The SMILES string of the molecule is CCC(C)NCC1(C)CC1C. The molecule has 0 bridgehead atoms. The topological polar surface area (TPSA) is 12.0 Å². The van der Waals surface area contributed by atoms with Crippen molar-refractivity contribution < 1.29 is 0 Å². The lowest BCUT2D eigenvalue weighted by atomic mass is 10.1. The first-order valence-corrected chi connectivity index (χ1v) is 4.82. The Morgan fingerprint density at radius 2 is 2.18 bits per heavy atom. The molecule has 0 amide bonds. The number of hydrogen-bond acceptors (Lipinski definition) is 1. The highest BCUT2D eigenvalue weighted by Crippen LogP contribution is 2.51. The molecule has 0 aliphatic heterocycles. The summed E-state index contributed by atoms with van der Waals surface area (Å²) in [6.07, 6.45) is 2.65. The molecule has 66 valence electrons. The van der Waals surface area contributed by atoms with Gasteiger partial charge in [-0.1, -0.05) is 20.8 Å². The molecule has 1 fully saturated rings. The molecule has 0 aromatic rings. The molecule has 3 unspecified atom stereocenters. The molecule has 0 aromatic carbocycles. The molecule has 1 aliphatic carbocycles. The molecule has 0 heterocycles. The smallest absolute Gasteiger partial charge is 0.00363 e. The van der Waals surface area contributed by atoms with Crippen LogP contribution in [0, 0.1) is 11.3 Å². The number of nitrogens with one attached hydrogen (secondary N) is 1. The minimum Gasteiger partial charge on any atom is -0.314 e. The summed E-state index contributed by atoms with van der Waals surface area (Å²) >= 11 is 0. The highest BCUT2D eigenvalue weighted by Gasteiger charge is 2.45. The second-order valence-corrected chi connectivity index (χ2v) is 4.45. The third-order valence-electron chi connectivity index (χ3n) is 3.27. The average molecular weight is 155 g/mol. The fraction of sp³-hybridized carbons (Fsp3) is 1.00. The molecule has 0 radical (unpaired) electrons. The van der Waals surface area contributed by atoms with Gasteiger partial charge in [0.2, 0.25) is 0 Å². The van der Waals surface area contributed by atoms with Crippen LogP contribution in [-0.4, -0.2) is 12.6 Å². The molecule has 1 nitrogen and oxygen atoms in total. The van der Waals surface area contributed by atoms with Crippen molar-refractivity contribution in [2.45, 2.75) is 46.6 Å². The van der Waals surface area contributed by atoms with Gasteiger partial charge >= 0.3 is 0 Å². The van der Waals surface area contributed by atoms with Crippen LogP contribution in [0.15, 0.2) is 0 Å². The van der Waals surface area contributed by atoms with Gasteiger partial charge in [0.15, 0.2) is 0 Å². The fourth-order valence-corrected chi connectivity index (χ4v) is 1.44. The molecule has 11 heavy (non-hydrogen) atoms. The number of rotatable bonds is 4. The van der Waals surface area contributed by atoms with Crippen LogP contribution in [0.3, 0.4) is 0 Å². The second kappa shape index (κ2) is 3.14. The zero-order valence-electron chi connectivity index (χ0n) is 8.28. The fourth-order valence-electron chi connectivity index (χ4n) is 1.44. The molecule has 1 saturated carbocycles. The summed E-state index contributed by atoms with van der Waals surface area (Å²) in [6, 6.07) is 0.694. The van der Waals surface area contributed by atoms with Crippen LogP contribution in [0.4, 0.5) is 0 Å². The minimum atomic E-state index is 0.628. The third kappa shape index (κ3) is 2.19. The Balaban J connectivity index is 2.13. The first-order chi connectivity index (χ1) is 5.08. The van der Waals surface area contributed by atoms with E-state index in [-0.39, 0.29) is 0 Å². The summed E-state index contributed by atoms with van der Waals surface area (Å²) in [5.41, 5.74) is 0.628. The Morgan fingerprint density at radius 1 is 1.64 bits per heavy atom. The molecule has 1 heteroatoms. The van der Waals surface area contributed by atoms with Crippen molar-refractivity contribution in [3.05, 3.63) is 0 Å². The van der Waals surface area contributed by atoms with Gasteiger partial charge in [-0.25, -0.2) is 0 Å². The van der Waals surface area contributed by atoms with E-state index in [0.717, 1.165) is 5.92 Å². The molecule has 3 atom stereocenters. The van der Waals surface area contributed by atoms with Crippen molar-refractivity contribution in [3.63, 3.8) is 0 Å². The van der Waals surface area contributed by atoms with E-state index in [1.807, 2.05) is 0 Å². The lowest BCUT2D eigenvalue weighted by molar-refractivity contribution is 0.420. The van der Waals surface area contributed by atoms with Gasteiger partial charge in [-0.15, -0.1) is 0 Å². The molecule has 0 spiro atoms. The summed E-state index contributed by atoms with van der Waals surface area (Å²) in [6.45, 7) is 10.4. The Kier molecular flexibility index (Phi) is 2.58. The molecule has 1 aliphatic rings. The van der Waals surface area contributed by atoms with Crippen LogP contribution in [0.5, 0.6) is 0 Å². The maximum absolute atomic E-state index is 3.57. The van der Waals surface area contributed by atoms with Crippen molar-refractivity contribution in [2.24, 2.45) is 11.3 Å². The molecular formula is C10H21N. The summed E-state index contributed by atoms with van der Waals surface area (Å²) in [7, 11) is 0. The lowest BCUT2D eigenvalue weighted by Gasteiger charge is -2.15. The van der Waals surface area contributed by atoms with E-state index in [4.69, 9.17) is 0 Å². The quantitative estimate of drug-likeness (QED) is 0.657. The van der Waals surface area contributed by atoms with Gasteiger partial charge in [0.05, 0.1) is 0 Å². The van der Waals surface area contributed by atoms with Gasteiger partial charge in [-0.3, -0.25) is 0 Å². The monoisotopic (exact) mass is 155 g/mol. The van der Waals surface area contributed by atoms with Gasteiger partial charge in [0.1, 0.15) is 0 Å². The summed E-state index contributed by atoms with van der Waals surface area (Å²) < 4.78 is 0. The van der Waals surface area contributed by atoms with E-state index in [1.165, 1.54) is 19.4 Å². The molecular weight excluding hydrogens is 134 g/mol. The highest BCUT2D eigenvalue weighted by molar-refractivity contribution is 4.97. The van der Waals surface area contributed by atoms with E-state index >= 15 is 0 Å². The Morgan fingerprint density at radius 3 is 2.55 bits per heavy atom. The molecule has 0 saturated heterocycles. The van der Waals surface area contributed by atoms with Crippen LogP contribution < -0.4 is 5.32 Å². The van der Waals surface area contributed by atoms with Crippen LogP contribution in [0.1, 0.15) is 40.5 Å². The predicted octanol–water partition coefficient (Wildman–Crippen LogP) is 2.42. The van der Waals surface area contributed by atoms with Gasteiger partial charge in [0.25, 0.3) is 0 Å². The normalized spacial score (nSPS) is 38.7. The first kappa shape index (κ1) is 9.05. The first-order valence-electron chi connectivity index (χ1n) is 4.82. The maximum Gasteiger partial charge on any atom is 0.00363 e. The van der Waals surface area contributed by atoms with E-state index < -0.39 is 0 Å². The van der Waals surface area contributed by atoms with Crippen LogP contribution in [0.25, 0.3) is 0 Å². The van der Waals surface area contributed by atoms with Crippen molar-refractivity contribution in [2.75, 3.05) is 6.54 Å². The van der Waals surface area contributed by atoms with Crippen LogP contribution in [0.2, 0.25) is 0 Å². The van der Waals surface area contributed by atoms with E-state index in [0.29, 0.717) is 11.5 Å². The Labute approximate surface area is 70.6 Å². The summed E-state index contributed by atoms with van der Waals surface area (Å²) in [4.78, 5) is 0. The molecule has 0 aromatic heterocycles. The molecule has 1 rings (SSSR count). The van der Waals surface area contributed by atoms with Gasteiger partial charge < -0.3 is 5.32 Å². The van der Waals surface area contributed by atoms with Crippen molar-refractivity contribution in [1.29, 1.82) is 0 Å². The summed E-state index contributed by atoms with van der Waals surface area (Å²) in [5, 5.41) is 3.57. The Bertz CT molecular complexity index is 133. The van der Waals surface area contributed by atoms with E-state index in [9.17, 15) is 0 Å². The number of hydrogen-bond donors (Lipinski definition) is 1. The van der Waals surface area contributed by atoms with Crippen molar-refractivity contribution in [3.8, 4) is 0 Å². The highest BCUT2D eigenvalue weighted by atomic mass is 14.9. The lowest BCUT2D eigenvalue weighted by Crippen LogP contribution is -2.31. The van der Waals surface area contributed by atoms with Crippen LogP contribution >= 0.6 is 0 Å². The van der Waals surface area contributed by atoms with Crippen LogP contribution in [-0.2, 0) is 0 Å². The average Bonchev–Trinajstić information content (AvgIpc) is 2.56. The van der Waals surface area contributed by atoms with E-state index in [1.54, 1.807) is 0 Å². The zero-order chi connectivity index (χ0) is 8.48. The zero-order valence-corrected chi connectivity index (χ0v) is 8.28. The van der Waals surface area contributed by atoms with Gasteiger partial charge in [0, 0.05) is 12.6 Å². The summed E-state index contributed by atoms with van der Waals surface area (Å²) in [5.74, 6) is 0.944. The molecule has 1 N–H and O–H groups in total. The largest absolute Gasteiger partial charge is 0.314 e. The Hall–Kier alpha value is -0.0400. The van der Waals surface area contributed by atoms with Gasteiger partial charge in [-0.2, -0.15) is 0 Å². The standard InChI is InChI=1S/C10H21N/c1-5-9(3)11-7-10(4)6-8(10)2/h8-9,11H,5-7H2,1-4H3. The third-order valence-corrected chi connectivity index (χ3v) is 3.27. The van der Waals surface area contributed by atoms with E-state index in [2.05, 4.69) is 33.0 Å². The minimum absolute atomic E-state index is 0.628. The van der Waals surface area contributed by atoms with Gasteiger partial charge in [-0.05, 0) is 31.1 Å². The second-order valence-electron chi connectivity index (χ2n) is 4.45. The maximum atomic E-state index is 3.57. The van der Waals surface area contributed by atoms with Crippen molar-refractivity contribution in [1.82, 2.24) is 5.32 Å².